The van der Waals surface area contributed by atoms with Crippen LogP contribution in [0.2, 0.25) is 0 Å². The molecule has 0 amide bonds. The molecule has 9 heteroatoms. The van der Waals surface area contributed by atoms with E-state index >= 15 is 0 Å². The molecule has 2 rings (SSSR count). The summed E-state index contributed by atoms with van der Waals surface area (Å²) in [5.41, 5.74) is 2.11. The lowest BCUT2D eigenvalue weighted by molar-refractivity contribution is -0.697. The second-order valence-electron chi connectivity index (χ2n) is 6.52. The Morgan fingerprint density at radius 3 is 1.50 bits per heavy atom. The SMILES string of the molecule is CP(=O)(O)CCC[n+]1ccc(-c2cc[n+](CCCP(=O)(O)O)cc2)cc1. The van der Waals surface area contributed by atoms with E-state index in [0.717, 1.165) is 11.1 Å². The molecule has 142 valence electrons. The highest BCUT2D eigenvalue weighted by Crippen LogP contribution is 2.35. The van der Waals surface area contributed by atoms with Crippen LogP contribution in [0.3, 0.4) is 0 Å². The Morgan fingerprint density at radius 2 is 1.15 bits per heavy atom. The third-order valence-electron chi connectivity index (χ3n) is 3.97. The van der Waals surface area contributed by atoms with Crippen molar-refractivity contribution in [3.05, 3.63) is 49.1 Å². The summed E-state index contributed by atoms with van der Waals surface area (Å²) < 4.78 is 26.0. The summed E-state index contributed by atoms with van der Waals surface area (Å²) >= 11 is 0. The summed E-state index contributed by atoms with van der Waals surface area (Å²) in [4.78, 5) is 27.1. The molecule has 0 aliphatic rings. The van der Waals surface area contributed by atoms with Gasteiger partial charge in [0.25, 0.3) is 0 Å². The van der Waals surface area contributed by atoms with Gasteiger partial charge in [-0.25, -0.2) is 9.13 Å². The van der Waals surface area contributed by atoms with Gasteiger partial charge in [0, 0.05) is 49.9 Å². The molecule has 0 aromatic carbocycles. The van der Waals surface area contributed by atoms with E-state index in [1.807, 2.05) is 58.2 Å². The smallest absolute Gasteiger partial charge is 0.325 e. The molecule has 0 aliphatic heterocycles. The van der Waals surface area contributed by atoms with Gasteiger partial charge < -0.3 is 14.7 Å². The number of hydrogen-bond donors (Lipinski definition) is 3. The lowest BCUT2D eigenvalue weighted by Crippen LogP contribution is -2.33. The van der Waals surface area contributed by atoms with Crippen LogP contribution in [-0.4, -0.2) is 33.7 Å². The van der Waals surface area contributed by atoms with Gasteiger partial charge in [-0.1, -0.05) is 0 Å². The number of aryl methyl sites for hydroxylation is 2. The van der Waals surface area contributed by atoms with Crippen molar-refractivity contribution in [2.75, 3.05) is 19.0 Å². The highest BCUT2D eigenvalue weighted by molar-refractivity contribution is 7.57. The van der Waals surface area contributed by atoms with Gasteiger partial charge in [0.05, 0.1) is 6.16 Å². The number of nitrogens with zero attached hydrogens (tertiary/aromatic N) is 2. The third kappa shape index (κ3) is 7.90. The van der Waals surface area contributed by atoms with Gasteiger partial charge in [0.15, 0.2) is 32.2 Å². The Bertz CT molecular complexity index is 727. The minimum Gasteiger partial charge on any atom is -0.344 e. The molecular weight excluding hydrogens is 374 g/mol. The highest BCUT2D eigenvalue weighted by Gasteiger charge is 2.14. The Morgan fingerprint density at radius 1 is 0.769 bits per heavy atom. The van der Waals surface area contributed by atoms with Crippen molar-refractivity contribution in [2.45, 2.75) is 25.9 Å². The molecule has 0 saturated carbocycles. The maximum absolute atomic E-state index is 11.3. The highest BCUT2D eigenvalue weighted by atomic mass is 31.2. The van der Waals surface area contributed by atoms with Crippen LogP contribution >= 0.6 is 15.0 Å². The van der Waals surface area contributed by atoms with Gasteiger partial charge in [-0.05, 0) is 11.1 Å². The lowest BCUT2D eigenvalue weighted by atomic mass is 10.1. The predicted octanol–water partition coefficient (Wildman–Crippen LogP) is 1.79. The monoisotopic (exact) mass is 400 g/mol. The zero-order valence-electron chi connectivity index (χ0n) is 14.8. The summed E-state index contributed by atoms with van der Waals surface area (Å²) in [6.07, 6.45) is 9.01. The maximum Gasteiger partial charge on any atom is 0.325 e. The van der Waals surface area contributed by atoms with Crippen molar-refractivity contribution in [1.29, 1.82) is 0 Å². The van der Waals surface area contributed by atoms with Crippen molar-refractivity contribution in [3.63, 3.8) is 0 Å². The largest absolute Gasteiger partial charge is 0.344 e. The van der Waals surface area contributed by atoms with Crippen LogP contribution in [0.5, 0.6) is 0 Å². The molecule has 1 unspecified atom stereocenters. The molecule has 1 atom stereocenters. The quantitative estimate of drug-likeness (QED) is 0.440. The Hall–Kier alpha value is -1.36. The van der Waals surface area contributed by atoms with Gasteiger partial charge in [-0.2, -0.15) is 0 Å². The van der Waals surface area contributed by atoms with E-state index in [0.29, 0.717) is 32.1 Å². The molecule has 26 heavy (non-hydrogen) atoms. The van der Waals surface area contributed by atoms with Crippen LogP contribution in [0, 0.1) is 0 Å². The Labute approximate surface area is 153 Å². The molecule has 2 heterocycles. The average Bonchev–Trinajstić information content (AvgIpc) is 2.54. The van der Waals surface area contributed by atoms with Gasteiger partial charge in [0.2, 0.25) is 0 Å². The van der Waals surface area contributed by atoms with Crippen LogP contribution in [-0.2, 0) is 22.2 Å². The van der Waals surface area contributed by atoms with E-state index in [1.165, 1.54) is 6.66 Å². The average molecular weight is 400 g/mol. The first-order valence-corrected chi connectivity index (χ1v) is 12.5. The molecule has 2 aromatic heterocycles. The molecule has 0 aliphatic carbocycles. The fourth-order valence-electron chi connectivity index (χ4n) is 2.60. The molecule has 0 bridgehead atoms. The first-order chi connectivity index (χ1) is 12.1. The fraction of sp³-hybridized carbons (Fsp3) is 0.412. The van der Waals surface area contributed by atoms with Gasteiger partial charge in [-0.15, -0.1) is 0 Å². The van der Waals surface area contributed by atoms with Crippen LogP contribution < -0.4 is 9.13 Å². The lowest BCUT2D eigenvalue weighted by Gasteiger charge is -2.04. The van der Waals surface area contributed by atoms with E-state index in [2.05, 4.69) is 0 Å². The number of aromatic nitrogens is 2. The maximum atomic E-state index is 11.3. The first-order valence-electron chi connectivity index (χ1n) is 8.45. The minimum atomic E-state index is -3.93. The summed E-state index contributed by atoms with van der Waals surface area (Å²) in [5.74, 6) is 0. The zero-order chi connectivity index (χ0) is 19.2. The van der Waals surface area contributed by atoms with Crippen LogP contribution in [0.1, 0.15) is 12.8 Å². The number of hydrogen-bond acceptors (Lipinski definition) is 2. The summed E-state index contributed by atoms with van der Waals surface area (Å²) in [7, 11) is -6.87. The minimum absolute atomic E-state index is 0.107. The second kappa shape index (κ2) is 9.03. The van der Waals surface area contributed by atoms with Crippen LogP contribution in [0.4, 0.5) is 0 Å². The van der Waals surface area contributed by atoms with E-state index in [4.69, 9.17) is 9.79 Å². The molecule has 0 radical (unpaired) electrons. The standard InChI is InChI=1S/C17H24N2O5P2/c1-25(20,21)14-2-8-18-10-4-16(5-11-18)17-6-12-19(13-7-17)9-3-15-26(22,23)24/h4-7,10-13H,2-3,8-9,14-15H2,1H3,(H-2,20,21,22,23,24)/p+2. The van der Waals surface area contributed by atoms with Crippen LogP contribution in [0.25, 0.3) is 11.1 Å². The predicted molar refractivity (Wildman–Crippen MR) is 99.0 cm³/mol. The van der Waals surface area contributed by atoms with Gasteiger partial charge in [-0.3, -0.25) is 9.13 Å². The summed E-state index contributed by atoms with van der Waals surface area (Å²) in [6, 6.07) is 7.93. The van der Waals surface area contributed by atoms with E-state index in [9.17, 15) is 14.0 Å². The van der Waals surface area contributed by atoms with E-state index in [1.54, 1.807) is 0 Å². The zero-order valence-corrected chi connectivity index (χ0v) is 16.6. The molecule has 2 aromatic rings. The van der Waals surface area contributed by atoms with Crippen molar-refractivity contribution in [1.82, 2.24) is 0 Å². The summed E-state index contributed by atoms with van der Waals surface area (Å²) in [5, 5.41) is 0. The molecule has 0 fully saturated rings. The van der Waals surface area contributed by atoms with E-state index in [-0.39, 0.29) is 6.16 Å². The van der Waals surface area contributed by atoms with Crippen molar-refractivity contribution < 1.29 is 32.9 Å². The normalized spacial score (nSPS) is 14.2. The van der Waals surface area contributed by atoms with Crippen molar-refractivity contribution in [2.24, 2.45) is 0 Å². The molecule has 7 nitrogen and oxygen atoms in total. The molecule has 0 spiro atoms. The van der Waals surface area contributed by atoms with Crippen LogP contribution in [0.15, 0.2) is 49.1 Å². The fourth-order valence-corrected chi connectivity index (χ4v) is 3.89. The van der Waals surface area contributed by atoms with Gasteiger partial charge in [0.1, 0.15) is 13.1 Å². The molecule has 3 N–H and O–H groups in total. The number of rotatable bonds is 9. The Balaban J connectivity index is 1.90. The second-order valence-corrected chi connectivity index (χ2v) is 10.8. The topological polar surface area (TPSA) is 103 Å². The summed E-state index contributed by atoms with van der Waals surface area (Å²) in [6.45, 7) is 2.65. The third-order valence-corrected chi connectivity index (χ3v) is 6.02. The van der Waals surface area contributed by atoms with Gasteiger partial charge >= 0.3 is 7.60 Å². The number of pyridine rings is 2. The van der Waals surface area contributed by atoms with Crippen molar-refractivity contribution in [3.8, 4) is 11.1 Å². The van der Waals surface area contributed by atoms with Crippen molar-refractivity contribution >= 4 is 15.0 Å². The van der Waals surface area contributed by atoms with E-state index < -0.39 is 15.0 Å². The molecular formula is C17H26N2O5P2+2. The molecule has 0 saturated heterocycles. The first kappa shape index (κ1) is 20.9. The Kier molecular flexibility index (Phi) is 7.27.